The lowest BCUT2D eigenvalue weighted by Crippen LogP contribution is -2.27. The second-order valence-electron chi connectivity index (χ2n) is 4.43. The van der Waals surface area contributed by atoms with Gasteiger partial charge in [0.1, 0.15) is 10.4 Å². The highest BCUT2D eigenvalue weighted by molar-refractivity contribution is 7.13. The van der Waals surface area contributed by atoms with Crippen molar-refractivity contribution in [3.05, 3.63) is 46.0 Å². The molecule has 0 saturated carbocycles. The Bertz CT molecular complexity index is 640. The fourth-order valence-corrected chi connectivity index (χ4v) is 2.46. The lowest BCUT2D eigenvalue weighted by molar-refractivity contribution is 0.0958. The Hall–Kier alpha value is -1.75. The van der Waals surface area contributed by atoms with Gasteiger partial charge < -0.3 is 0 Å². The summed E-state index contributed by atoms with van der Waals surface area (Å²) in [5.41, 5.74) is 0.675. The van der Waals surface area contributed by atoms with Gasteiger partial charge in [-0.3, -0.25) is 14.4 Å². The number of carbonyl (C=O) groups is 1. The zero-order valence-electron chi connectivity index (χ0n) is 11.3. The van der Waals surface area contributed by atoms with E-state index in [4.69, 9.17) is 0 Å². The van der Waals surface area contributed by atoms with Crippen molar-refractivity contribution in [2.24, 2.45) is 4.99 Å². The fraction of sp³-hybridized carbons (Fsp3) is 0.357. The summed E-state index contributed by atoms with van der Waals surface area (Å²) in [6.45, 7) is 6.01. The summed E-state index contributed by atoms with van der Waals surface area (Å²) in [4.78, 5) is 21.8. The molecule has 2 aromatic heterocycles. The van der Waals surface area contributed by atoms with Crippen LogP contribution in [0.1, 0.15) is 35.5 Å². The van der Waals surface area contributed by atoms with Gasteiger partial charge in [-0.1, -0.05) is 13.0 Å². The number of carbonyl (C=O) groups excluding carboxylic acids is 1. The van der Waals surface area contributed by atoms with Gasteiger partial charge in [0.25, 0.3) is 5.91 Å². The lowest BCUT2D eigenvalue weighted by Gasteiger charge is -2.05. The van der Waals surface area contributed by atoms with E-state index in [0.717, 1.165) is 11.4 Å². The van der Waals surface area contributed by atoms with Crippen molar-refractivity contribution < 1.29 is 4.79 Å². The molecule has 0 N–H and O–H groups in total. The quantitative estimate of drug-likeness (QED) is 0.864. The van der Waals surface area contributed by atoms with Crippen LogP contribution in [0.3, 0.4) is 0 Å². The standard InChI is InChI=1S/C14H17N3OS/c1-4-13-15-9-11(19-13)14(18)17-8-6-5-7-12(17)16-10(2)3/h5-10H,4H2,1-3H3. The third kappa shape index (κ3) is 3.17. The first-order valence-electron chi connectivity index (χ1n) is 6.32. The molecule has 0 unspecified atom stereocenters. The Labute approximate surface area is 116 Å². The van der Waals surface area contributed by atoms with Crippen LogP contribution in [0.5, 0.6) is 0 Å². The topological polar surface area (TPSA) is 47.2 Å². The normalized spacial score (nSPS) is 12.1. The fourth-order valence-electron chi connectivity index (χ4n) is 1.67. The molecule has 2 rings (SSSR count). The van der Waals surface area contributed by atoms with Gasteiger partial charge in [0.2, 0.25) is 0 Å². The van der Waals surface area contributed by atoms with Gasteiger partial charge in [0.15, 0.2) is 0 Å². The molecule has 0 aromatic carbocycles. The van der Waals surface area contributed by atoms with Gasteiger partial charge in [-0.05, 0) is 32.4 Å². The van der Waals surface area contributed by atoms with E-state index in [2.05, 4.69) is 9.98 Å². The Morgan fingerprint density at radius 3 is 2.89 bits per heavy atom. The van der Waals surface area contributed by atoms with Gasteiger partial charge in [-0.25, -0.2) is 4.98 Å². The van der Waals surface area contributed by atoms with E-state index in [1.54, 1.807) is 17.0 Å². The van der Waals surface area contributed by atoms with Gasteiger partial charge >= 0.3 is 0 Å². The molecule has 2 heterocycles. The summed E-state index contributed by atoms with van der Waals surface area (Å²) < 4.78 is 1.58. The summed E-state index contributed by atoms with van der Waals surface area (Å²) in [6.07, 6.45) is 4.24. The van der Waals surface area contributed by atoms with Crippen molar-refractivity contribution in [1.82, 2.24) is 9.55 Å². The molecule has 2 aromatic rings. The first-order valence-corrected chi connectivity index (χ1v) is 7.14. The molecule has 0 amide bonds. The highest BCUT2D eigenvalue weighted by Crippen LogP contribution is 2.14. The largest absolute Gasteiger partial charge is 0.275 e. The molecular weight excluding hydrogens is 258 g/mol. The minimum atomic E-state index is -0.0720. The smallest absolute Gasteiger partial charge is 0.267 e. The average Bonchev–Trinajstić information content (AvgIpc) is 2.86. The summed E-state index contributed by atoms with van der Waals surface area (Å²) in [6, 6.07) is 5.71. The maximum absolute atomic E-state index is 12.5. The van der Waals surface area contributed by atoms with E-state index in [1.165, 1.54) is 11.3 Å². The third-order valence-corrected chi connectivity index (χ3v) is 3.64. The lowest BCUT2D eigenvalue weighted by atomic mass is 10.4. The second-order valence-corrected chi connectivity index (χ2v) is 5.54. The molecule has 100 valence electrons. The first kappa shape index (κ1) is 13.7. The van der Waals surface area contributed by atoms with E-state index in [-0.39, 0.29) is 11.9 Å². The van der Waals surface area contributed by atoms with E-state index in [0.29, 0.717) is 10.4 Å². The number of hydrogen-bond donors (Lipinski definition) is 0. The van der Waals surface area contributed by atoms with Crippen molar-refractivity contribution in [1.29, 1.82) is 0 Å². The molecular formula is C14H17N3OS. The van der Waals surface area contributed by atoms with Crippen LogP contribution in [0, 0.1) is 0 Å². The second kappa shape index (κ2) is 5.93. The summed E-state index contributed by atoms with van der Waals surface area (Å²) in [5.74, 6) is -0.0720. The number of aromatic nitrogens is 2. The zero-order chi connectivity index (χ0) is 13.8. The Morgan fingerprint density at radius 2 is 2.26 bits per heavy atom. The predicted octanol–water partition coefficient (Wildman–Crippen LogP) is 2.50. The Kier molecular flexibility index (Phi) is 4.27. The van der Waals surface area contributed by atoms with Gasteiger partial charge in [0, 0.05) is 12.2 Å². The molecule has 0 aliphatic rings. The summed E-state index contributed by atoms with van der Waals surface area (Å²) >= 11 is 1.44. The number of pyridine rings is 1. The molecule has 0 spiro atoms. The number of aryl methyl sites for hydroxylation is 1. The molecule has 0 radical (unpaired) electrons. The average molecular weight is 275 g/mol. The molecule has 19 heavy (non-hydrogen) atoms. The van der Waals surface area contributed by atoms with Crippen LogP contribution in [-0.4, -0.2) is 21.5 Å². The highest BCUT2D eigenvalue weighted by atomic mass is 32.1. The van der Waals surface area contributed by atoms with Crippen LogP contribution in [-0.2, 0) is 6.42 Å². The van der Waals surface area contributed by atoms with Crippen LogP contribution in [0.15, 0.2) is 35.6 Å². The molecule has 5 heteroatoms. The Balaban J connectivity index is 2.44. The van der Waals surface area contributed by atoms with E-state index in [1.807, 2.05) is 39.0 Å². The maximum Gasteiger partial charge on any atom is 0.275 e. The van der Waals surface area contributed by atoms with Crippen molar-refractivity contribution >= 4 is 17.2 Å². The van der Waals surface area contributed by atoms with Crippen molar-refractivity contribution in [2.75, 3.05) is 0 Å². The van der Waals surface area contributed by atoms with E-state index >= 15 is 0 Å². The third-order valence-electron chi connectivity index (χ3n) is 2.51. The molecule has 4 nitrogen and oxygen atoms in total. The van der Waals surface area contributed by atoms with E-state index < -0.39 is 0 Å². The van der Waals surface area contributed by atoms with Gasteiger partial charge in [0.05, 0.1) is 11.2 Å². The first-order chi connectivity index (χ1) is 9.11. The number of rotatable bonds is 3. The van der Waals surface area contributed by atoms with E-state index in [9.17, 15) is 4.79 Å². The van der Waals surface area contributed by atoms with Crippen molar-refractivity contribution in [3.63, 3.8) is 0 Å². The van der Waals surface area contributed by atoms with Crippen LogP contribution >= 0.6 is 11.3 Å². The summed E-state index contributed by atoms with van der Waals surface area (Å²) in [5, 5.41) is 0.974. The molecule has 0 fully saturated rings. The number of nitrogens with zero attached hydrogens (tertiary/aromatic N) is 3. The minimum absolute atomic E-state index is 0.0720. The minimum Gasteiger partial charge on any atom is -0.267 e. The molecule has 0 saturated heterocycles. The van der Waals surface area contributed by atoms with Crippen LogP contribution in [0.2, 0.25) is 0 Å². The number of thiazole rings is 1. The monoisotopic (exact) mass is 275 g/mol. The molecule has 0 aliphatic heterocycles. The molecule has 0 aliphatic carbocycles. The maximum atomic E-state index is 12.5. The Morgan fingerprint density at radius 1 is 1.47 bits per heavy atom. The number of hydrogen-bond acceptors (Lipinski definition) is 4. The van der Waals surface area contributed by atoms with Gasteiger partial charge in [-0.2, -0.15) is 0 Å². The van der Waals surface area contributed by atoms with Crippen LogP contribution < -0.4 is 5.49 Å². The molecule has 0 atom stereocenters. The van der Waals surface area contributed by atoms with Gasteiger partial charge in [-0.15, -0.1) is 11.3 Å². The van der Waals surface area contributed by atoms with Crippen molar-refractivity contribution in [2.45, 2.75) is 33.2 Å². The summed E-state index contributed by atoms with van der Waals surface area (Å²) in [7, 11) is 0. The van der Waals surface area contributed by atoms with Crippen LogP contribution in [0.25, 0.3) is 0 Å². The predicted molar refractivity (Wildman–Crippen MR) is 76.4 cm³/mol. The van der Waals surface area contributed by atoms with Crippen LogP contribution in [0.4, 0.5) is 0 Å². The highest BCUT2D eigenvalue weighted by Gasteiger charge is 2.12. The SMILES string of the molecule is CCc1ncc(C(=O)n2ccccc2=NC(C)C)s1. The molecule has 0 bridgehead atoms. The zero-order valence-corrected chi connectivity index (χ0v) is 12.1. The van der Waals surface area contributed by atoms with Crippen molar-refractivity contribution in [3.8, 4) is 0 Å².